The Morgan fingerprint density at radius 1 is 1.19 bits per heavy atom. The zero-order valence-electron chi connectivity index (χ0n) is 11.3. The van der Waals surface area contributed by atoms with Gasteiger partial charge in [-0.2, -0.15) is 4.36 Å². The van der Waals surface area contributed by atoms with Crippen LogP contribution in [0.2, 0.25) is 5.02 Å². The van der Waals surface area contributed by atoms with E-state index in [4.69, 9.17) is 11.6 Å². The summed E-state index contributed by atoms with van der Waals surface area (Å²) >= 11 is 5.96. The van der Waals surface area contributed by atoms with Crippen LogP contribution in [0, 0.1) is 0 Å². The van der Waals surface area contributed by atoms with Crippen LogP contribution in [0.5, 0.6) is 0 Å². The van der Waals surface area contributed by atoms with Crippen molar-refractivity contribution in [2.45, 2.75) is 6.92 Å². The first kappa shape index (κ1) is 14.1. The predicted molar refractivity (Wildman–Crippen MR) is 85.5 cm³/mol. The van der Waals surface area contributed by atoms with Gasteiger partial charge in [0, 0.05) is 10.8 Å². The van der Waals surface area contributed by atoms with Crippen LogP contribution in [-0.2, 0) is 9.92 Å². The summed E-state index contributed by atoms with van der Waals surface area (Å²) in [7, 11) is -2.83. The average molecular weight is 321 g/mol. The molecule has 1 amide bonds. The number of halogens is 1. The van der Waals surface area contributed by atoms with Gasteiger partial charge in [-0.25, -0.2) is 8.51 Å². The lowest BCUT2D eigenvalue weighted by molar-refractivity contribution is 0.101. The maximum Gasteiger partial charge on any atom is 0.273 e. The Kier molecular flexibility index (Phi) is 3.47. The molecule has 1 aliphatic rings. The van der Waals surface area contributed by atoms with Crippen LogP contribution in [0.15, 0.2) is 52.9 Å². The molecule has 0 aliphatic carbocycles. The number of rotatable bonds is 2. The second-order valence-corrected chi connectivity index (χ2v) is 7.36. The molecular formula is C15H13ClN2O2S. The van der Waals surface area contributed by atoms with Gasteiger partial charge in [0.05, 0.1) is 16.9 Å². The molecule has 21 heavy (non-hydrogen) atoms. The van der Waals surface area contributed by atoms with E-state index in [2.05, 4.69) is 4.36 Å². The molecule has 0 saturated carbocycles. The van der Waals surface area contributed by atoms with E-state index >= 15 is 0 Å². The summed E-state index contributed by atoms with van der Waals surface area (Å²) in [5.74, 6) is -0.0732. The molecule has 0 saturated heterocycles. The highest BCUT2D eigenvalue weighted by Crippen LogP contribution is 2.34. The lowest BCUT2D eigenvalue weighted by Crippen LogP contribution is -2.40. The molecule has 1 atom stereocenters. The van der Waals surface area contributed by atoms with Gasteiger partial charge in [-0.05, 0) is 30.3 Å². The summed E-state index contributed by atoms with van der Waals surface area (Å²) in [5, 5.41) is 0.454. The van der Waals surface area contributed by atoms with Crippen molar-refractivity contribution in [2.75, 3.05) is 10.1 Å². The van der Waals surface area contributed by atoms with Crippen molar-refractivity contribution in [2.24, 2.45) is 4.36 Å². The van der Waals surface area contributed by atoms with Crippen LogP contribution >= 0.6 is 11.6 Å². The first-order valence-corrected chi connectivity index (χ1v) is 8.51. The quantitative estimate of drug-likeness (QED) is 0.838. The molecule has 4 nitrogen and oxygen atoms in total. The molecule has 1 heterocycles. The molecular weight excluding hydrogens is 308 g/mol. The van der Waals surface area contributed by atoms with E-state index in [0.29, 0.717) is 22.0 Å². The number of benzene rings is 2. The van der Waals surface area contributed by atoms with E-state index in [1.54, 1.807) is 49.4 Å². The number of anilines is 1. The Labute approximate surface area is 128 Å². The zero-order valence-corrected chi connectivity index (χ0v) is 12.9. The molecule has 6 heteroatoms. The van der Waals surface area contributed by atoms with Crippen LogP contribution in [-0.4, -0.2) is 15.9 Å². The van der Waals surface area contributed by atoms with E-state index in [9.17, 15) is 9.00 Å². The Bertz CT molecular complexity index is 827. The van der Waals surface area contributed by atoms with E-state index in [1.807, 2.05) is 6.07 Å². The minimum atomic E-state index is -2.83. The lowest BCUT2D eigenvalue weighted by atomic mass is 10.1. The number of carbonyl (C=O) groups excluding carboxylic acids is 1. The largest absolute Gasteiger partial charge is 0.273 e. The van der Waals surface area contributed by atoms with E-state index in [1.165, 1.54) is 4.31 Å². The Balaban J connectivity index is 2.27. The zero-order chi connectivity index (χ0) is 15.0. The van der Waals surface area contributed by atoms with E-state index in [-0.39, 0.29) is 11.7 Å². The molecule has 0 aromatic heterocycles. The maximum atomic E-state index is 13.1. The van der Waals surface area contributed by atoms with Crippen molar-refractivity contribution in [3.8, 4) is 0 Å². The number of nitrogens with zero attached hydrogens (tertiary/aromatic N) is 2. The number of amides is 1. The third kappa shape index (κ3) is 2.32. The van der Waals surface area contributed by atoms with Crippen molar-refractivity contribution in [3.05, 3.63) is 59.1 Å². The Morgan fingerprint density at radius 3 is 2.57 bits per heavy atom. The van der Waals surface area contributed by atoms with Crippen LogP contribution < -0.4 is 4.31 Å². The number of para-hydroxylation sites is 1. The monoisotopic (exact) mass is 320 g/mol. The van der Waals surface area contributed by atoms with Crippen LogP contribution in [0.25, 0.3) is 0 Å². The fraction of sp³-hybridized carbons (Fsp3) is 0.133. The fourth-order valence-electron chi connectivity index (χ4n) is 2.23. The van der Waals surface area contributed by atoms with Crippen molar-refractivity contribution < 1.29 is 9.00 Å². The Morgan fingerprint density at radius 2 is 1.90 bits per heavy atom. The van der Waals surface area contributed by atoms with Crippen LogP contribution in [0.4, 0.5) is 11.4 Å². The third-order valence-electron chi connectivity index (χ3n) is 3.27. The second kappa shape index (κ2) is 5.16. The topological polar surface area (TPSA) is 49.7 Å². The first-order chi connectivity index (χ1) is 10.0. The highest BCUT2D eigenvalue weighted by Gasteiger charge is 2.33. The number of carbonyl (C=O) groups is 1. The molecule has 2 aromatic carbocycles. The number of fused-ring (bicyclic) bond motifs is 1. The van der Waals surface area contributed by atoms with Gasteiger partial charge in [-0.1, -0.05) is 36.7 Å². The summed E-state index contributed by atoms with van der Waals surface area (Å²) in [6.45, 7) is 1.76. The standard InChI is InChI=1S/C15H13ClN2O2S/c1-2-21(20)17-14-9-8-11(16)10-13(14)15(19)18(21)12-6-4-3-5-7-12/h3-10H,2H2,1H3. The molecule has 0 bridgehead atoms. The molecule has 108 valence electrons. The molecule has 0 N–H and O–H groups in total. The summed E-state index contributed by atoms with van der Waals surface area (Å²) in [5.41, 5.74) is 1.38. The van der Waals surface area contributed by atoms with Crippen molar-refractivity contribution in [1.29, 1.82) is 0 Å². The van der Waals surface area contributed by atoms with Gasteiger partial charge in [-0.3, -0.25) is 4.79 Å². The van der Waals surface area contributed by atoms with Crippen LogP contribution in [0.1, 0.15) is 17.3 Å². The smallest absolute Gasteiger partial charge is 0.268 e. The van der Waals surface area contributed by atoms with E-state index < -0.39 is 9.92 Å². The highest BCUT2D eigenvalue weighted by atomic mass is 35.5. The summed E-state index contributed by atoms with van der Waals surface area (Å²) in [4.78, 5) is 12.8. The lowest BCUT2D eigenvalue weighted by Gasteiger charge is -2.29. The van der Waals surface area contributed by atoms with Crippen molar-refractivity contribution in [3.63, 3.8) is 0 Å². The van der Waals surface area contributed by atoms with Gasteiger partial charge in [0.2, 0.25) is 0 Å². The predicted octanol–water partition coefficient (Wildman–Crippen LogP) is 4.03. The molecule has 1 aliphatic heterocycles. The van der Waals surface area contributed by atoms with Gasteiger partial charge < -0.3 is 0 Å². The minimum Gasteiger partial charge on any atom is -0.268 e. The molecule has 0 spiro atoms. The SMILES string of the molecule is CCS1(=O)=Nc2ccc(Cl)cc2C(=O)N1c1ccccc1. The first-order valence-electron chi connectivity index (χ1n) is 6.49. The minimum absolute atomic E-state index is 0.260. The summed E-state index contributed by atoms with van der Waals surface area (Å²) in [6, 6.07) is 13.8. The normalized spacial score (nSPS) is 20.9. The molecule has 2 aromatic rings. The second-order valence-electron chi connectivity index (χ2n) is 4.58. The molecule has 1 unspecified atom stereocenters. The maximum absolute atomic E-state index is 13.1. The summed E-state index contributed by atoms with van der Waals surface area (Å²) < 4.78 is 18.7. The van der Waals surface area contributed by atoms with Gasteiger partial charge >= 0.3 is 0 Å². The number of hydrogen-bond acceptors (Lipinski definition) is 3. The van der Waals surface area contributed by atoms with Gasteiger partial charge in [0.1, 0.15) is 9.92 Å². The average Bonchev–Trinajstić information content (AvgIpc) is 2.49. The Hall–Kier alpha value is -1.85. The fourth-order valence-corrected chi connectivity index (χ4v) is 4.15. The van der Waals surface area contributed by atoms with Crippen LogP contribution in [0.3, 0.4) is 0 Å². The molecule has 3 rings (SSSR count). The van der Waals surface area contributed by atoms with Crippen molar-refractivity contribution >= 4 is 38.8 Å². The van der Waals surface area contributed by atoms with Gasteiger partial charge in [-0.15, -0.1) is 0 Å². The van der Waals surface area contributed by atoms with E-state index in [0.717, 1.165) is 0 Å². The third-order valence-corrected chi connectivity index (χ3v) is 5.68. The summed E-state index contributed by atoms with van der Waals surface area (Å²) in [6.07, 6.45) is 0. The molecule has 0 radical (unpaired) electrons. The number of hydrogen-bond donors (Lipinski definition) is 0. The van der Waals surface area contributed by atoms with Gasteiger partial charge in [0.15, 0.2) is 0 Å². The van der Waals surface area contributed by atoms with Crippen molar-refractivity contribution in [1.82, 2.24) is 0 Å². The highest BCUT2D eigenvalue weighted by molar-refractivity contribution is 7.96. The van der Waals surface area contributed by atoms with Gasteiger partial charge in [0.25, 0.3) is 5.91 Å². The molecule has 0 fully saturated rings.